The Morgan fingerprint density at radius 1 is 1.50 bits per heavy atom. The Kier molecular flexibility index (Phi) is 2.91. The molecule has 0 fully saturated rings. The maximum Gasteiger partial charge on any atom is 0.245 e. The average Bonchev–Trinajstić information content (AvgIpc) is 2.61. The summed E-state index contributed by atoms with van der Waals surface area (Å²) >= 11 is 1.34. The highest BCUT2D eigenvalue weighted by Gasteiger charge is 2.05. The van der Waals surface area contributed by atoms with E-state index in [9.17, 15) is 4.79 Å². The molecule has 82 valence electrons. The minimum Gasteiger partial charge on any atom is -0.273 e. The van der Waals surface area contributed by atoms with Gasteiger partial charge in [0.25, 0.3) is 0 Å². The lowest BCUT2D eigenvalue weighted by molar-refractivity contribution is -0.116. The van der Waals surface area contributed by atoms with E-state index in [1.54, 1.807) is 17.9 Å². The van der Waals surface area contributed by atoms with Crippen LogP contribution in [0.15, 0.2) is 29.4 Å². The highest BCUT2D eigenvalue weighted by Crippen LogP contribution is 2.14. The van der Waals surface area contributed by atoms with E-state index >= 15 is 0 Å². The number of pyridine rings is 1. The molecule has 0 radical (unpaired) electrons. The van der Waals surface area contributed by atoms with Crippen molar-refractivity contribution in [2.24, 2.45) is 12.0 Å². The summed E-state index contributed by atoms with van der Waals surface area (Å²) < 4.78 is 1.58. The van der Waals surface area contributed by atoms with Gasteiger partial charge in [-0.2, -0.15) is 10.1 Å². The second kappa shape index (κ2) is 4.36. The fourth-order valence-corrected chi connectivity index (χ4v) is 2.08. The van der Waals surface area contributed by atoms with Gasteiger partial charge in [0.1, 0.15) is 5.69 Å². The van der Waals surface area contributed by atoms with Gasteiger partial charge >= 0.3 is 0 Å². The van der Waals surface area contributed by atoms with E-state index in [2.05, 4.69) is 15.1 Å². The second-order valence-electron chi connectivity index (χ2n) is 3.16. The molecule has 6 heteroatoms. The van der Waals surface area contributed by atoms with Crippen LogP contribution in [0.5, 0.6) is 0 Å². The number of nitrogens with zero attached hydrogens (tertiary/aromatic N) is 4. The minimum atomic E-state index is -0.230. The van der Waals surface area contributed by atoms with E-state index in [0.29, 0.717) is 4.80 Å². The number of hydrogen-bond donors (Lipinski definition) is 0. The summed E-state index contributed by atoms with van der Waals surface area (Å²) in [6, 6.07) is 5.61. The molecule has 2 aromatic rings. The first-order valence-corrected chi connectivity index (χ1v) is 5.49. The van der Waals surface area contributed by atoms with Crippen molar-refractivity contribution in [3.05, 3.63) is 29.2 Å². The van der Waals surface area contributed by atoms with Crippen molar-refractivity contribution < 1.29 is 4.79 Å². The Labute approximate surface area is 96.1 Å². The summed E-state index contributed by atoms with van der Waals surface area (Å²) in [5, 5.41) is 5.01. The first-order chi connectivity index (χ1) is 7.66. The summed E-state index contributed by atoms with van der Waals surface area (Å²) in [6.07, 6.45) is 1.71. The zero-order valence-corrected chi connectivity index (χ0v) is 9.73. The molecule has 0 saturated carbocycles. The van der Waals surface area contributed by atoms with Gasteiger partial charge in [0.05, 0.1) is 0 Å². The third-order valence-electron chi connectivity index (χ3n) is 1.84. The summed E-state index contributed by atoms with van der Waals surface area (Å²) in [5.74, 6) is -0.230. The third-order valence-corrected chi connectivity index (χ3v) is 2.86. The summed E-state index contributed by atoms with van der Waals surface area (Å²) in [4.78, 5) is 19.5. The van der Waals surface area contributed by atoms with Crippen molar-refractivity contribution in [3.63, 3.8) is 0 Å². The summed E-state index contributed by atoms with van der Waals surface area (Å²) in [6.45, 7) is 1.42. The van der Waals surface area contributed by atoms with Crippen LogP contribution in [0.25, 0.3) is 10.7 Å². The average molecular weight is 234 g/mol. The van der Waals surface area contributed by atoms with Gasteiger partial charge in [-0.15, -0.1) is 0 Å². The van der Waals surface area contributed by atoms with Gasteiger partial charge in [-0.3, -0.25) is 9.78 Å². The van der Waals surface area contributed by atoms with Gasteiger partial charge in [0.15, 0.2) is 5.01 Å². The van der Waals surface area contributed by atoms with Crippen LogP contribution in [0.2, 0.25) is 0 Å². The minimum absolute atomic E-state index is 0.230. The molecule has 0 bridgehead atoms. The highest BCUT2D eigenvalue weighted by atomic mass is 32.1. The topological polar surface area (TPSA) is 60.1 Å². The van der Waals surface area contributed by atoms with Gasteiger partial charge in [0, 0.05) is 20.2 Å². The van der Waals surface area contributed by atoms with Gasteiger partial charge < -0.3 is 0 Å². The Bertz CT molecular complexity index is 570. The molecule has 0 N–H and O–H groups in total. The largest absolute Gasteiger partial charge is 0.273 e. The molecule has 2 aromatic heterocycles. The standard InChI is InChI=1S/C10H10N4OS/c1-7(15)12-10-14(2)13-9(16-10)8-5-3-4-6-11-8/h3-6H,1-2H3. The van der Waals surface area contributed by atoms with E-state index in [-0.39, 0.29) is 5.91 Å². The number of carbonyl (C=O) groups is 1. The van der Waals surface area contributed by atoms with Crippen molar-refractivity contribution in [3.8, 4) is 10.7 Å². The lowest BCUT2D eigenvalue weighted by atomic mass is 10.4. The van der Waals surface area contributed by atoms with Crippen LogP contribution in [0.4, 0.5) is 0 Å². The highest BCUT2D eigenvalue weighted by molar-refractivity contribution is 7.12. The van der Waals surface area contributed by atoms with Crippen molar-refractivity contribution in [1.82, 2.24) is 14.8 Å². The SMILES string of the molecule is CC(=O)N=c1sc(-c2ccccn2)nn1C. The molecule has 0 atom stereocenters. The molecule has 0 spiro atoms. The van der Waals surface area contributed by atoms with Gasteiger partial charge in [-0.05, 0) is 12.1 Å². The summed E-state index contributed by atoms with van der Waals surface area (Å²) in [7, 11) is 1.75. The molecular weight excluding hydrogens is 224 g/mol. The molecule has 5 nitrogen and oxygen atoms in total. The number of aryl methyl sites for hydroxylation is 1. The lowest BCUT2D eigenvalue weighted by Crippen LogP contribution is -2.13. The van der Waals surface area contributed by atoms with Gasteiger partial charge in [0.2, 0.25) is 10.7 Å². The monoisotopic (exact) mass is 234 g/mol. The molecule has 0 unspecified atom stereocenters. The van der Waals surface area contributed by atoms with E-state index in [1.165, 1.54) is 18.3 Å². The normalized spacial score (nSPS) is 11.8. The van der Waals surface area contributed by atoms with Crippen LogP contribution < -0.4 is 4.80 Å². The number of aromatic nitrogens is 3. The maximum atomic E-state index is 10.9. The van der Waals surface area contributed by atoms with Crippen molar-refractivity contribution in [1.29, 1.82) is 0 Å². The van der Waals surface area contributed by atoms with Crippen molar-refractivity contribution in [2.45, 2.75) is 6.92 Å². The number of hydrogen-bond acceptors (Lipinski definition) is 4. The molecule has 0 aliphatic carbocycles. The van der Waals surface area contributed by atoms with E-state index < -0.39 is 0 Å². The zero-order chi connectivity index (χ0) is 11.5. The number of amides is 1. The van der Waals surface area contributed by atoms with Crippen LogP contribution in [-0.2, 0) is 11.8 Å². The Balaban J connectivity index is 2.51. The van der Waals surface area contributed by atoms with Crippen LogP contribution in [-0.4, -0.2) is 20.7 Å². The first-order valence-electron chi connectivity index (χ1n) is 4.67. The summed E-state index contributed by atoms with van der Waals surface area (Å²) in [5.41, 5.74) is 0.785. The van der Waals surface area contributed by atoms with Crippen LogP contribution in [0.3, 0.4) is 0 Å². The van der Waals surface area contributed by atoms with Gasteiger partial charge in [-0.25, -0.2) is 4.68 Å². The van der Waals surface area contributed by atoms with Crippen LogP contribution in [0, 0.1) is 0 Å². The molecule has 0 aliphatic rings. The molecule has 1 amide bonds. The van der Waals surface area contributed by atoms with Crippen molar-refractivity contribution >= 4 is 17.2 Å². The fourth-order valence-electron chi connectivity index (χ4n) is 1.17. The zero-order valence-electron chi connectivity index (χ0n) is 8.91. The smallest absolute Gasteiger partial charge is 0.245 e. The van der Waals surface area contributed by atoms with Gasteiger partial charge in [-0.1, -0.05) is 17.4 Å². The van der Waals surface area contributed by atoms with Crippen LogP contribution in [0.1, 0.15) is 6.92 Å². The molecule has 0 aliphatic heterocycles. The lowest BCUT2D eigenvalue weighted by Gasteiger charge is -1.90. The molecule has 0 aromatic carbocycles. The molecular formula is C10H10N4OS. The number of rotatable bonds is 1. The Morgan fingerprint density at radius 3 is 2.94 bits per heavy atom. The van der Waals surface area contributed by atoms with E-state index in [4.69, 9.17) is 0 Å². The third kappa shape index (κ3) is 2.22. The predicted molar refractivity (Wildman–Crippen MR) is 60.6 cm³/mol. The predicted octanol–water partition coefficient (Wildman–Crippen LogP) is 0.991. The molecule has 16 heavy (non-hydrogen) atoms. The molecule has 2 heterocycles. The Morgan fingerprint density at radius 2 is 2.31 bits per heavy atom. The molecule has 0 saturated heterocycles. The molecule has 2 rings (SSSR count). The first kappa shape index (κ1) is 10.7. The van der Waals surface area contributed by atoms with Crippen LogP contribution >= 0.6 is 11.3 Å². The Hall–Kier alpha value is -1.82. The number of carbonyl (C=O) groups excluding carboxylic acids is 1. The second-order valence-corrected chi connectivity index (χ2v) is 4.12. The van der Waals surface area contributed by atoms with Crippen molar-refractivity contribution in [2.75, 3.05) is 0 Å². The quantitative estimate of drug-likeness (QED) is 0.739. The fraction of sp³-hybridized carbons (Fsp3) is 0.200. The van der Waals surface area contributed by atoms with E-state index in [1.807, 2.05) is 18.2 Å². The van der Waals surface area contributed by atoms with E-state index in [0.717, 1.165) is 10.7 Å². The maximum absolute atomic E-state index is 10.9.